The molecule has 8 nitrogen and oxygen atoms in total. The Morgan fingerprint density at radius 1 is 0.930 bits per heavy atom. The second-order valence-corrected chi connectivity index (χ2v) is 11.9. The van der Waals surface area contributed by atoms with Crippen molar-refractivity contribution in [1.29, 1.82) is 0 Å². The van der Waals surface area contributed by atoms with Crippen LogP contribution in [0.15, 0.2) is 66.7 Å². The van der Waals surface area contributed by atoms with Crippen LogP contribution in [0.1, 0.15) is 44.6 Å². The van der Waals surface area contributed by atoms with Crippen LogP contribution < -0.4 is 15.1 Å². The number of para-hydroxylation sites is 2. The number of fused-ring (bicyclic) bond motifs is 3. The van der Waals surface area contributed by atoms with Crippen molar-refractivity contribution >= 4 is 46.3 Å². The summed E-state index contributed by atoms with van der Waals surface area (Å²) in [5.74, 6) is -0.243. The number of hydrogen-bond acceptors (Lipinski definition) is 6. The van der Waals surface area contributed by atoms with Crippen LogP contribution in [-0.4, -0.2) is 60.3 Å². The lowest BCUT2D eigenvalue weighted by atomic mass is 10.1. The maximum absolute atomic E-state index is 14.4. The van der Waals surface area contributed by atoms with E-state index in [1.807, 2.05) is 47.4 Å². The summed E-state index contributed by atoms with van der Waals surface area (Å²) in [6.45, 7) is 6.51. The van der Waals surface area contributed by atoms with E-state index in [1.165, 1.54) is 17.4 Å². The van der Waals surface area contributed by atoms with Crippen LogP contribution in [-0.2, 0) is 11.2 Å². The Labute approximate surface area is 253 Å². The Balaban J connectivity index is 1.26. The summed E-state index contributed by atoms with van der Waals surface area (Å²) in [6.07, 6.45) is 1.38. The number of halogens is 1. The van der Waals surface area contributed by atoms with E-state index >= 15 is 0 Å². The number of carbonyl (C=O) groups excluding carboxylic acids is 3. The second-order valence-electron chi connectivity index (χ2n) is 10.8. The Morgan fingerprint density at radius 3 is 2.56 bits per heavy atom. The minimum absolute atomic E-state index is 0.0695. The number of hydrogen-bond donors (Lipinski definition) is 1. The molecule has 2 aliphatic rings. The van der Waals surface area contributed by atoms with E-state index in [2.05, 4.69) is 10.2 Å². The first-order chi connectivity index (χ1) is 20.8. The molecule has 0 bridgehead atoms. The van der Waals surface area contributed by atoms with Crippen molar-refractivity contribution in [3.8, 4) is 10.4 Å². The van der Waals surface area contributed by atoms with E-state index in [9.17, 15) is 18.8 Å². The second kappa shape index (κ2) is 12.0. The molecule has 1 N–H and O–H groups in total. The molecule has 1 fully saturated rings. The first kappa shape index (κ1) is 28.5. The quantitative estimate of drug-likeness (QED) is 0.323. The van der Waals surface area contributed by atoms with Gasteiger partial charge in [-0.2, -0.15) is 0 Å². The summed E-state index contributed by atoms with van der Waals surface area (Å²) >= 11 is 1.34. The van der Waals surface area contributed by atoms with Gasteiger partial charge in [-0.25, -0.2) is 9.37 Å². The summed E-state index contributed by atoms with van der Waals surface area (Å²) in [5.41, 5.74) is 3.76. The third-order valence-corrected chi connectivity index (χ3v) is 9.21. The number of nitrogens with zero attached hydrogens (tertiary/aromatic N) is 4. The number of thiophene rings is 1. The Kier molecular flexibility index (Phi) is 7.94. The molecule has 0 atom stereocenters. The standard InChI is InChI=1S/C33H32FN5O3S/c1-21-8-5-10-25(34)30(21)36-32(41)28-20-23-14-17-39(27-12-4-3-9-24(27)31(23)43-28)33(42)26-11-6-13-29(35-26)38-16-7-15-37(18-19-38)22(2)40/h3-6,8-13,20H,7,14-19H2,1-2H3,(H,36,41). The number of aromatic nitrogens is 1. The Morgan fingerprint density at radius 2 is 1.74 bits per heavy atom. The SMILES string of the molecule is CC(=O)N1CCCN(c2cccc(C(=O)N3CCc4cc(C(=O)Nc5c(C)cccc5F)sc4-c4ccccc43)n2)CC1. The molecule has 2 aliphatic heterocycles. The summed E-state index contributed by atoms with van der Waals surface area (Å²) in [6, 6.07) is 19.7. The maximum atomic E-state index is 14.4. The van der Waals surface area contributed by atoms with Crippen LogP contribution in [0.5, 0.6) is 0 Å². The van der Waals surface area contributed by atoms with Crippen molar-refractivity contribution in [2.75, 3.05) is 47.8 Å². The van der Waals surface area contributed by atoms with Crippen molar-refractivity contribution in [2.45, 2.75) is 26.7 Å². The molecule has 10 heteroatoms. The lowest BCUT2D eigenvalue weighted by molar-refractivity contribution is -0.128. The number of aryl methyl sites for hydroxylation is 1. The first-order valence-corrected chi connectivity index (χ1v) is 15.2. The van der Waals surface area contributed by atoms with Gasteiger partial charge in [-0.05, 0) is 61.2 Å². The highest BCUT2D eigenvalue weighted by Gasteiger charge is 2.29. The van der Waals surface area contributed by atoms with Gasteiger partial charge in [0.05, 0.1) is 16.3 Å². The van der Waals surface area contributed by atoms with Crippen molar-refractivity contribution in [3.05, 3.63) is 94.2 Å². The highest BCUT2D eigenvalue weighted by atomic mass is 32.1. The van der Waals surface area contributed by atoms with E-state index < -0.39 is 5.82 Å². The third-order valence-electron chi connectivity index (χ3n) is 8.00. The van der Waals surface area contributed by atoms with Gasteiger partial charge in [-0.1, -0.05) is 36.4 Å². The molecule has 0 radical (unpaired) electrons. The molecular weight excluding hydrogens is 565 g/mol. The van der Waals surface area contributed by atoms with Gasteiger partial charge in [-0.3, -0.25) is 14.4 Å². The molecule has 0 aliphatic carbocycles. The van der Waals surface area contributed by atoms with Crippen LogP contribution in [0.4, 0.5) is 21.6 Å². The average molecular weight is 598 g/mol. The topological polar surface area (TPSA) is 85.9 Å². The fraction of sp³-hybridized carbons (Fsp3) is 0.273. The number of pyridine rings is 1. The van der Waals surface area contributed by atoms with Gasteiger partial charge in [-0.15, -0.1) is 11.3 Å². The molecule has 2 aromatic carbocycles. The zero-order valence-corrected chi connectivity index (χ0v) is 24.9. The molecule has 4 aromatic rings. The monoisotopic (exact) mass is 597 g/mol. The van der Waals surface area contributed by atoms with Crippen molar-refractivity contribution in [2.24, 2.45) is 0 Å². The predicted octanol–water partition coefficient (Wildman–Crippen LogP) is 5.77. The van der Waals surface area contributed by atoms with Gasteiger partial charge in [0.15, 0.2) is 0 Å². The van der Waals surface area contributed by atoms with E-state index in [0.717, 1.165) is 40.5 Å². The molecule has 0 unspecified atom stereocenters. The zero-order chi connectivity index (χ0) is 30.1. The van der Waals surface area contributed by atoms with E-state index in [-0.39, 0.29) is 23.4 Å². The lowest BCUT2D eigenvalue weighted by Gasteiger charge is -2.25. The van der Waals surface area contributed by atoms with Gasteiger partial charge < -0.3 is 20.0 Å². The molecule has 3 amide bonds. The van der Waals surface area contributed by atoms with Crippen LogP contribution in [0, 0.1) is 12.7 Å². The van der Waals surface area contributed by atoms with Gasteiger partial charge in [0.2, 0.25) is 5.91 Å². The summed E-state index contributed by atoms with van der Waals surface area (Å²) in [5, 5.41) is 2.74. The Hall–Kier alpha value is -4.57. The largest absolute Gasteiger partial charge is 0.355 e. The zero-order valence-electron chi connectivity index (χ0n) is 24.1. The summed E-state index contributed by atoms with van der Waals surface area (Å²) < 4.78 is 14.4. The summed E-state index contributed by atoms with van der Waals surface area (Å²) in [7, 11) is 0. The average Bonchev–Trinajstić information content (AvgIpc) is 3.18. The number of carbonyl (C=O) groups is 3. The number of anilines is 3. The smallest absolute Gasteiger partial charge is 0.276 e. The van der Waals surface area contributed by atoms with Crippen molar-refractivity contribution < 1.29 is 18.8 Å². The van der Waals surface area contributed by atoms with E-state index in [4.69, 9.17) is 4.98 Å². The first-order valence-electron chi connectivity index (χ1n) is 14.4. The fourth-order valence-corrected chi connectivity index (χ4v) is 6.84. The molecule has 0 saturated carbocycles. The van der Waals surface area contributed by atoms with Crippen molar-refractivity contribution in [1.82, 2.24) is 9.88 Å². The number of nitrogens with one attached hydrogen (secondary N) is 1. The highest BCUT2D eigenvalue weighted by Crippen LogP contribution is 2.42. The third kappa shape index (κ3) is 5.75. The summed E-state index contributed by atoms with van der Waals surface area (Å²) in [4.78, 5) is 50.9. The Bertz CT molecular complexity index is 1700. The highest BCUT2D eigenvalue weighted by molar-refractivity contribution is 7.17. The molecule has 220 valence electrons. The molecule has 4 heterocycles. The van der Waals surface area contributed by atoms with Crippen LogP contribution in [0.25, 0.3) is 10.4 Å². The lowest BCUT2D eigenvalue weighted by Crippen LogP contribution is -2.35. The molecule has 1 saturated heterocycles. The van der Waals surface area contributed by atoms with Gasteiger partial charge in [0, 0.05) is 50.1 Å². The fourth-order valence-electron chi connectivity index (χ4n) is 5.70. The van der Waals surface area contributed by atoms with Crippen molar-refractivity contribution in [3.63, 3.8) is 0 Å². The molecule has 2 aromatic heterocycles. The molecular formula is C33H32FN5O3S. The number of amides is 3. The maximum Gasteiger partial charge on any atom is 0.276 e. The minimum atomic E-state index is -0.475. The van der Waals surface area contributed by atoms with Gasteiger partial charge >= 0.3 is 0 Å². The minimum Gasteiger partial charge on any atom is -0.355 e. The van der Waals surface area contributed by atoms with Crippen LogP contribution in [0.3, 0.4) is 0 Å². The normalized spacial score (nSPS) is 14.8. The van der Waals surface area contributed by atoms with Gasteiger partial charge in [0.25, 0.3) is 11.8 Å². The molecule has 43 heavy (non-hydrogen) atoms. The van der Waals surface area contributed by atoms with E-state index in [1.54, 1.807) is 36.9 Å². The molecule has 0 spiro atoms. The number of benzene rings is 2. The number of rotatable bonds is 4. The van der Waals surface area contributed by atoms with Gasteiger partial charge in [0.1, 0.15) is 17.3 Å². The van der Waals surface area contributed by atoms with Crippen LogP contribution >= 0.6 is 11.3 Å². The molecule has 6 rings (SSSR count). The van der Waals surface area contributed by atoms with Crippen LogP contribution in [0.2, 0.25) is 0 Å². The van der Waals surface area contributed by atoms with E-state index in [0.29, 0.717) is 48.7 Å². The predicted molar refractivity (Wildman–Crippen MR) is 168 cm³/mol.